The van der Waals surface area contributed by atoms with Crippen molar-refractivity contribution in [1.29, 1.82) is 0 Å². The lowest BCUT2D eigenvalue weighted by Gasteiger charge is -2.09. The molecule has 8 nitrogen and oxygen atoms in total. The highest BCUT2D eigenvalue weighted by molar-refractivity contribution is 7.15. The first-order valence-electron chi connectivity index (χ1n) is 9.01. The van der Waals surface area contributed by atoms with Gasteiger partial charge in [0.05, 0.1) is 29.4 Å². The number of methoxy groups -OCH3 is 1. The van der Waals surface area contributed by atoms with Crippen molar-refractivity contribution in [2.45, 2.75) is 0 Å². The Morgan fingerprint density at radius 3 is 2.61 bits per heavy atom. The van der Waals surface area contributed by atoms with E-state index in [0.29, 0.717) is 26.8 Å². The number of hydrazone groups is 1. The van der Waals surface area contributed by atoms with Crippen molar-refractivity contribution in [3.05, 3.63) is 80.5 Å². The van der Waals surface area contributed by atoms with Crippen LogP contribution < -0.4 is 21.5 Å². The van der Waals surface area contributed by atoms with E-state index in [1.807, 2.05) is 0 Å². The summed E-state index contributed by atoms with van der Waals surface area (Å²) in [6.07, 6.45) is 1.48. The number of ether oxygens (including phenoxy) is 1. The number of hydrogen-bond donors (Lipinski definition) is 2. The fourth-order valence-electron chi connectivity index (χ4n) is 2.91. The molecule has 1 amide bonds. The maximum Gasteiger partial charge on any atom is 0.292 e. The van der Waals surface area contributed by atoms with Crippen LogP contribution >= 0.6 is 22.9 Å². The zero-order chi connectivity index (χ0) is 22.0. The van der Waals surface area contributed by atoms with E-state index in [2.05, 4.69) is 15.6 Å². The molecule has 0 saturated heterocycles. The van der Waals surface area contributed by atoms with Crippen LogP contribution in [-0.2, 0) is 0 Å². The number of fused-ring (bicyclic) bond motifs is 1. The van der Waals surface area contributed by atoms with Crippen molar-refractivity contribution in [3.63, 3.8) is 0 Å². The summed E-state index contributed by atoms with van der Waals surface area (Å²) in [5.74, 6) is 0.0534. The van der Waals surface area contributed by atoms with Crippen LogP contribution in [0.15, 0.2) is 63.8 Å². The number of nitrogens with one attached hydrogen (secondary N) is 1. The molecule has 2 aromatic carbocycles. The number of halogens is 1. The predicted octanol–water partition coefficient (Wildman–Crippen LogP) is 3.46. The van der Waals surface area contributed by atoms with Crippen LogP contribution in [0, 0.1) is 0 Å². The van der Waals surface area contributed by atoms with Crippen LogP contribution in [0.3, 0.4) is 0 Å². The minimum Gasteiger partial charge on any atom is -0.497 e. The lowest BCUT2D eigenvalue weighted by Crippen LogP contribution is -2.28. The number of thiophene rings is 1. The SMILES string of the molecule is COc1ccc(-n2nc(C(=O)N/N=C/c3ccc(Cl)cc3)c3csc(N)c3c2=O)cc1. The van der Waals surface area contributed by atoms with E-state index in [4.69, 9.17) is 22.1 Å². The zero-order valence-electron chi connectivity index (χ0n) is 16.2. The topological polar surface area (TPSA) is 112 Å². The van der Waals surface area contributed by atoms with Crippen LogP contribution in [0.4, 0.5) is 5.00 Å². The Labute approximate surface area is 185 Å². The third-order valence-electron chi connectivity index (χ3n) is 4.46. The number of nitrogens with zero attached hydrogens (tertiary/aromatic N) is 3. The average Bonchev–Trinajstić information content (AvgIpc) is 3.17. The Bertz CT molecular complexity index is 1340. The summed E-state index contributed by atoms with van der Waals surface area (Å²) in [6.45, 7) is 0. The lowest BCUT2D eigenvalue weighted by atomic mass is 10.2. The van der Waals surface area contributed by atoms with Crippen LogP contribution in [0.25, 0.3) is 16.5 Å². The Balaban J connectivity index is 1.72. The van der Waals surface area contributed by atoms with E-state index in [-0.39, 0.29) is 11.1 Å². The second kappa shape index (κ2) is 8.58. The number of nitrogen functional groups attached to an aromatic ring is 1. The first-order chi connectivity index (χ1) is 15.0. The molecule has 156 valence electrons. The summed E-state index contributed by atoms with van der Waals surface area (Å²) in [4.78, 5) is 25.8. The number of benzene rings is 2. The molecule has 2 heterocycles. The van der Waals surface area contributed by atoms with Gasteiger partial charge < -0.3 is 10.5 Å². The lowest BCUT2D eigenvalue weighted by molar-refractivity contribution is 0.0950. The minimum atomic E-state index is -0.574. The minimum absolute atomic E-state index is 0.0339. The van der Waals surface area contributed by atoms with E-state index >= 15 is 0 Å². The average molecular weight is 454 g/mol. The molecule has 4 aromatic rings. The molecule has 2 aromatic heterocycles. The molecular formula is C21H16ClN5O3S. The van der Waals surface area contributed by atoms with Gasteiger partial charge in [0, 0.05) is 15.8 Å². The Kier molecular flexibility index (Phi) is 5.70. The summed E-state index contributed by atoms with van der Waals surface area (Å²) >= 11 is 7.03. The van der Waals surface area contributed by atoms with Gasteiger partial charge in [-0.05, 0) is 42.0 Å². The molecule has 0 fully saturated rings. The number of nitrogens with two attached hydrogens (primary N) is 1. The highest BCUT2D eigenvalue weighted by Gasteiger charge is 2.20. The van der Waals surface area contributed by atoms with Crippen molar-refractivity contribution in [2.24, 2.45) is 5.10 Å². The second-order valence-electron chi connectivity index (χ2n) is 6.40. The number of carbonyl (C=O) groups is 1. The molecule has 0 aliphatic carbocycles. The Hall–Kier alpha value is -3.69. The summed E-state index contributed by atoms with van der Waals surface area (Å²) < 4.78 is 6.29. The van der Waals surface area contributed by atoms with E-state index in [1.54, 1.807) is 61.0 Å². The molecule has 0 saturated carbocycles. The fourth-order valence-corrected chi connectivity index (χ4v) is 3.82. The van der Waals surface area contributed by atoms with Crippen molar-refractivity contribution in [1.82, 2.24) is 15.2 Å². The number of anilines is 1. The van der Waals surface area contributed by atoms with Gasteiger partial charge in [0.1, 0.15) is 5.75 Å². The quantitative estimate of drug-likeness (QED) is 0.355. The molecular weight excluding hydrogens is 438 g/mol. The normalized spacial score (nSPS) is 11.2. The third-order valence-corrected chi connectivity index (χ3v) is 5.53. The monoisotopic (exact) mass is 453 g/mol. The first kappa shape index (κ1) is 20.6. The molecule has 0 bridgehead atoms. The fraction of sp³-hybridized carbons (Fsp3) is 0.0476. The van der Waals surface area contributed by atoms with Gasteiger partial charge in [-0.15, -0.1) is 11.3 Å². The standard InChI is InChI=1S/C21H16ClN5O3S/c1-30-15-8-6-14(7-9-15)27-21(29)17-16(11-31-19(17)23)18(26-27)20(28)25-24-10-12-2-4-13(22)5-3-12/h2-11H,23H2,1H3,(H,25,28)/b24-10+. The van der Waals surface area contributed by atoms with Crippen molar-refractivity contribution in [2.75, 3.05) is 12.8 Å². The molecule has 10 heteroatoms. The van der Waals surface area contributed by atoms with Gasteiger partial charge in [-0.3, -0.25) is 9.59 Å². The van der Waals surface area contributed by atoms with Gasteiger partial charge in [-0.1, -0.05) is 23.7 Å². The Morgan fingerprint density at radius 1 is 1.23 bits per heavy atom. The van der Waals surface area contributed by atoms with Crippen molar-refractivity contribution >= 4 is 50.8 Å². The smallest absolute Gasteiger partial charge is 0.292 e. The zero-order valence-corrected chi connectivity index (χ0v) is 17.8. The number of rotatable bonds is 5. The van der Waals surface area contributed by atoms with E-state index in [1.165, 1.54) is 17.6 Å². The maximum atomic E-state index is 13.0. The summed E-state index contributed by atoms with van der Waals surface area (Å²) in [6, 6.07) is 13.7. The summed E-state index contributed by atoms with van der Waals surface area (Å²) in [7, 11) is 1.55. The van der Waals surface area contributed by atoms with Gasteiger partial charge in [0.15, 0.2) is 5.69 Å². The number of hydrogen-bond acceptors (Lipinski definition) is 7. The number of aromatic nitrogens is 2. The predicted molar refractivity (Wildman–Crippen MR) is 123 cm³/mol. The molecule has 0 aliphatic heterocycles. The third kappa shape index (κ3) is 4.14. The molecule has 0 radical (unpaired) electrons. The molecule has 0 unspecified atom stereocenters. The van der Waals surface area contributed by atoms with Gasteiger partial charge in [-0.25, -0.2) is 5.43 Å². The Morgan fingerprint density at radius 2 is 1.94 bits per heavy atom. The van der Waals surface area contributed by atoms with Crippen LogP contribution in [0.1, 0.15) is 16.1 Å². The van der Waals surface area contributed by atoms with Gasteiger partial charge in [-0.2, -0.15) is 14.9 Å². The van der Waals surface area contributed by atoms with Crippen molar-refractivity contribution in [3.8, 4) is 11.4 Å². The highest BCUT2D eigenvalue weighted by atomic mass is 35.5. The van der Waals surface area contributed by atoms with Crippen molar-refractivity contribution < 1.29 is 9.53 Å². The van der Waals surface area contributed by atoms with Crippen LogP contribution in [0.2, 0.25) is 5.02 Å². The molecule has 0 aliphatic rings. The second-order valence-corrected chi connectivity index (χ2v) is 7.75. The van der Waals surface area contributed by atoms with Gasteiger partial charge >= 0.3 is 0 Å². The van der Waals surface area contributed by atoms with E-state index < -0.39 is 11.5 Å². The highest BCUT2D eigenvalue weighted by Crippen LogP contribution is 2.27. The summed E-state index contributed by atoms with van der Waals surface area (Å²) in [5.41, 5.74) is 9.30. The number of carbonyl (C=O) groups excluding carboxylic acids is 1. The molecule has 31 heavy (non-hydrogen) atoms. The van der Waals surface area contributed by atoms with E-state index in [0.717, 1.165) is 10.2 Å². The summed E-state index contributed by atoms with van der Waals surface area (Å²) in [5, 5.41) is 11.4. The molecule has 4 rings (SSSR count). The molecule has 3 N–H and O–H groups in total. The van der Waals surface area contributed by atoms with Gasteiger partial charge in [0.25, 0.3) is 11.5 Å². The van der Waals surface area contributed by atoms with E-state index in [9.17, 15) is 9.59 Å². The molecule has 0 spiro atoms. The largest absolute Gasteiger partial charge is 0.497 e. The molecule has 0 atom stereocenters. The first-order valence-corrected chi connectivity index (χ1v) is 10.3. The number of amides is 1. The van der Waals surface area contributed by atoms with Crippen LogP contribution in [0.5, 0.6) is 5.75 Å². The maximum absolute atomic E-state index is 13.0. The van der Waals surface area contributed by atoms with Gasteiger partial charge in [0.2, 0.25) is 0 Å². The van der Waals surface area contributed by atoms with Crippen LogP contribution in [-0.4, -0.2) is 29.0 Å².